The quantitative estimate of drug-likeness (QED) is 0.572. The zero-order valence-corrected chi connectivity index (χ0v) is 9.10. The molecule has 0 fully saturated rings. The highest BCUT2D eigenvalue weighted by atomic mass is 16.5. The third-order valence-electron chi connectivity index (χ3n) is 1.95. The number of hydrogen-bond donors (Lipinski definition) is 2. The first-order chi connectivity index (χ1) is 7.09. The molecule has 0 aromatic heterocycles. The summed E-state index contributed by atoms with van der Waals surface area (Å²) < 4.78 is 5.68. The van der Waals surface area contributed by atoms with Gasteiger partial charge in [0.1, 0.15) is 11.9 Å². The van der Waals surface area contributed by atoms with Crippen LogP contribution in [0.15, 0.2) is 29.3 Å². The molecule has 1 aromatic rings. The molecule has 4 nitrogen and oxygen atoms in total. The maximum atomic E-state index is 5.68. The van der Waals surface area contributed by atoms with Crippen molar-refractivity contribution in [2.24, 2.45) is 16.5 Å². The molecular formula is C11H17N3O. The first-order valence-corrected chi connectivity index (χ1v) is 4.87. The molecular weight excluding hydrogens is 190 g/mol. The van der Waals surface area contributed by atoms with Gasteiger partial charge in [0.15, 0.2) is 5.96 Å². The molecule has 0 heterocycles. The number of nitrogens with zero attached hydrogens (tertiary/aromatic N) is 1. The number of benzene rings is 1. The number of nitrogens with two attached hydrogens (primary N) is 2. The van der Waals surface area contributed by atoms with Crippen LogP contribution in [-0.2, 0) is 0 Å². The van der Waals surface area contributed by atoms with Crippen LogP contribution in [-0.4, -0.2) is 18.6 Å². The maximum Gasteiger partial charge on any atom is 0.186 e. The van der Waals surface area contributed by atoms with Gasteiger partial charge in [0.2, 0.25) is 0 Å². The van der Waals surface area contributed by atoms with Crippen LogP contribution in [0, 0.1) is 6.92 Å². The molecule has 0 spiro atoms. The zero-order chi connectivity index (χ0) is 11.3. The third-order valence-corrected chi connectivity index (χ3v) is 1.95. The van der Waals surface area contributed by atoms with E-state index in [0.29, 0.717) is 6.54 Å². The molecule has 1 atom stereocenters. The highest BCUT2D eigenvalue weighted by Crippen LogP contribution is 2.17. The number of aliphatic imine (C=N–C) groups is 1. The van der Waals surface area contributed by atoms with E-state index in [4.69, 9.17) is 16.2 Å². The molecule has 0 aliphatic heterocycles. The first kappa shape index (κ1) is 11.4. The summed E-state index contributed by atoms with van der Waals surface area (Å²) in [5.41, 5.74) is 11.6. The SMILES string of the molecule is Cc1ccccc1OC(C)CN=C(N)N. The van der Waals surface area contributed by atoms with Crippen molar-refractivity contribution in [3.8, 4) is 5.75 Å². The van der Waals surface area contributed by atoms with Crippen LogP contribution in [0.25, 0.3) is 0 Å². The van der Waals surface area contributed by atoms with E-state index < -0.39 is 0 Å². The molecule has 4 N–H and O–H groups in total. The Balaban J connectivity index is 2.55. The second-order valence-corrected chi connectivity index (χ2v) is 3.46. The van der Waals surface area contributed by atoms with Gasteiger partial charge in [0.05, 0.1) is 6.54 Å². The van der Waals surface area contributed by atoms with Gasteiger partial charge in [-0.05, 0) is 25.5 Å². The number of guanidine groups is 1. The Labute approximate surface area is 89.9 Å². The molecule has 0 aliphatic rings. The first-order valence-electron chi connectivity index (χ1n) is 4.87. The Bertz CT molecular complexity index is 345. The van der Waals surface area contributed by atoms with Crippen molar-refractivity contribution < 1.29 is 4.74 Å². The molecule has 15 heavy (non-hydrogen) atoms. The highest BCUT2D eigenvalue weighted by molar-refractivity contribution is 5.75. The summed E-state index contributed by atoms with van der Waals surface area (Å²) in [4.78, 5) is 3.90. The van der Waals surface area contributed by atoms with Crippen molar-refractivity contribution in [2.75, 3.05) is 6.54 Å². The van der Waals surface area contributed by atoms with Gasteiger partial charge in [-0.1, -0.05) is 18.2 Å². The van der Waals surface area contributed by atoms with Crippen LogP contribution in [0.1, 0.15) is 12.5 Å². The Hall–Kier alpha value is -1.71. The lowest BCUT2D eigenvalue weighted by Gasteiger charge is -2.14. The number of para-hydroxylation sites is 1. The van der Waals surface area contributed by atoms with Crippen molar-refractivity contribution in [3.63, 3.8) is 0 Å². The third kappa shape index (κ3) is 3.89. The minimum absolute atomic E-state index is 0.0341. The molecule has 82 valence electrons. The van der Waals surface area contributed by atoms with Gasteiger partial charge < -0.3 is 16.2 Å². The lowest BCUT2D eigenvalue weighted by atomic mass is 10.2. The van der Waals surface area contributed by atoms with E-state index in [1.54, 1.807) is 0 Å². The molecule has 1 aromatic carbocycles. The van der Waals surface area contributed by atoms with Gasteiger partial charge in [0.25, 0.3) is 0 Å². The standard InChI is InChI=1S/C11H17N3O/c1-8-5-3-4-6-10(8)15-9(2)7-14-11(12)13/h3-6,9H,7H2,1-2H3,(H4,12,13,14). The summed E-state index contributed by atoms with van der Waals surface area (Å²) in [5.74, 6) is 0.964. The highest BCUT2D eigenvalue weighted by Gasteiger charge is 2.04. The largest absolute Gasteiger partial charge is 0.489 e. The Morgan fingerprint density at radius 1 is 1.40 bits per heavy atom. The lowest BCUT2D eigenvalue weighted by Crippen LogP contribution is -2.26. The van der Waals surface area contributed by atoms with E-state index in [1.165, 1.54) is 0 Å². The maximum absolute atomic E-state index is 5.68. The van der Waals surface area contributed by atoms with Crippen molar-refractivity contribution in [3.05, 3.63) is 29.8 Å². The topological polar surface area (TPSA) is 73.6 Å². The van der Waals surface area contributed by atoms with Crippen LogP contribution in [0.5, 0.6) is 5.75 Å². The van der Waals surface area contributed by atoms with Crippen molar-refractivity contribution >= 4 is 5.96 Å². The number of rotatable bonds is 4. The van der Waals surface area contributed by atoms with Gasteiger partial charge in [-0.25, -0.2) is 4.99 Å². The van der Waals surface area contributed by atoms with E-state index in [9.17, 15) is 0 Å². The lowest BCUT2D eigenvalue weighted by molar-refractivity contribution is 0.229. The normalized spacial score (nSPS) is 11.9. The predicted molar refractivity (Wildman–Crippen MR) is 61.9 cm³/mol. The number of ether oxygens (including phenoxy) is 1. The average Bonchev–Trinajstić information content (AvgIpc) is 2.18. The smallest absolute Gasteiger partial charge is 0.186 e. The van der Waals surface area contributed by atoms with Crippen LogP contribution in [0.4, 0.5) is 0 Å². The second-order valence-electron chi connectivity index (χ2n) is 3.46. The summed E-state index contributed by atoms with van der Waals surface area (Å²) in [7, 11) is 0. The molecule has 1 unspecified atom stereocenters. The summed E-state index contributed by atoms with van der Waals surface area (Å²) >= 11 is 0. The number of aryl methyl sites for hydroxylation is 1. The van der Waals surface area contributed by atoms with E-state index in [-0.39, 0.29) is 12.1 Å². The molecule has 1 rings (SSSR count). The molecule has 0 bridgehead atoms. The number of hydrogen-bond acceptors (Lipinski definition) is 2. The summed E-state index contributed by atoms with van der Waals surface area (Å²) in [6.45, 7) is 4.40. The summed E-state index contributed by atoms with van der Waals surface area (Å²) in [5, 5.41) is 0. The predicted octanol–water partition coefficient (Wildman–Crippen LogP) is 1.04. The van der Waals surface area contributed by atoms with E-state index in [2.05, 4.69) is 4.99 Å². The van der Waals surface area contributed by atoms with Crippen LogP contribution in [0.2, 0.25) is 0 Å². The summed E-state index contributed by atoms with van der Waals surface area (Å²) in [6, 6.07) is 7.85. The van der Waals surface area contributed by atoms with Crippen molar-refractivity contribution in [1.82, 2.24) is 0 Å². The second kappa shape index (κ2) is 5.24. The van der Waals surface area contributed by atoms with Crippen molar-refractivity contribution in [1.29, 1.82) is 0 Å². The molecule has 0 saturated heterocycles. The molecule has 0 aliphatic carbocycles. The van der Waals surface area contributed by atoms with E-state index in [1.807, 2.05) is 38.1 Å². The van der Waals surface area contributed by atoms with Crippen LogP contribution in [0.3, 0.4) is 0 Å². The van der Waals surface area contributed by atoms with Gasteiger partial charge in [-0.3, -0.25) is 0 Å². The van der Waals surface area contributed by atoms with Gasteiger partial charge in [-0.15, -0.1) is 0 Å². The molecule has 0 amide bonds. The Morgan fingerprint density at radius 2 is 2.07 bits per heavy atom. The molecule has 4 heteroatoms. The Morgan fingerprint density at radius 3 is 2.67 bits per heavy atom. The van der Waals surface area contributed by atoms with E-state index >= 15 is 0 Å². The van der Waals surface area contributed by atoms with Crippen LogP contribution < -0.4 is 16.2 Å². The zero-order valence-electron chi connectivity index (χ0n) is 9.10. The fourth-order valence-corrected chi connectivity index (χ4v) is 1.18. The van der Waals surface area contributed by atoms with Gasteiger partial charge >= 0.3 is 0 Å². The fourth-order valence-electron chi connectivity index (χ4n) is 1.18. The Kier molecular flexibility index (Phi) is 3.97. The molecule has 0 radical (unpaired) electrons. The van der Waals surface area contributed by atoms with Crippen molar-refractivity contribution in [2.45, 2.75) is 20.0 Å². The minimum atomic E-state index is -0.0341. The summed E-state index contributed by atoms with van der Waals surface area (Å²) in [6.07, 6.45) is -0.0341. The average molecular weight is 207 g/mol. The molecule has 0 saturated carbocycles. The van der Waals surface area contributed by atoms with Crippen LogP contribution >= 0.6 is 0 Å². The fraction of sp³-hybridized carbons (Fsp3) is 0.364. The van der Waals surface area contributed by atoms with E-state index in [0.717, 1.165) is 11.3 Å². The van der Waals surface area contributed by atoms with Gasteiger partial charge in [-0.2, -0.15) is 0 Å². The van der Waals surface area contributed by atoms with Gasteiger partial charge in [0, 0.05) is 0 Å². The minimum Gasteiger partial charge on any atom is -0.489 e. The monoisotopic (exact) mass is 207 g/mol.